The number of β-amino-alcohol motifs (C(OH)–C–C–N with tert-alkyl or cyclic N) is 1. The summed E-state index contributed by atoms with van der Waals surface area (Å²) in [5, 5.41) is 12.4. The largest absolute Gasteiger partial charge is 0.494 e. The van der Waals surface area contributed by atoms with Gasteiger partial charge in [-0.15, -0.1) is 0 Å². The molecule has 0 unspecified atom stereocenters. The van der Waals surface area contributed by atoms with Crippen LogP contribution in [0.1, 0.15) is 0 Å². The molecule has 1 aromatic carbocycles. The van der Waals surface area contributed by atoms with E-state index in [2.05, 4.69) is 37.2 Å². The van der Waals surface area contributed by atoms with Crippen molar-refractivity contribution < 1.29 is 24.2 Å². The number of carbonyl (C=O) groups is 2. The smallest absolute Gasteiger partial charge is 0.337 e. The highest BCUT2D eigenvalue weighted by molar-refractivity contribution is 9.11. The lowest BCUT2D eigenvalue weighted by Crippen LogP contribution is -2.31. The molecule has 1 aliphatic rings. The first-order valence-corrected chi connectivity index (χ1v) is 9.02. The van der Waals surface area contributed by atoms with Crippen LogP contribution < -0.4 is 10.1 Å². The summed E-state index contributed by atoms with van der Waals surface area (Å²) >= 11 is 12.9. The maximum Gasteiger partial charge on any atom is 0.337 e. The minimum absolute atomic E-state index is 0.0403. The molecule has 2 N–H and O–H groups in total. The summed E-state index contributed by atoms with van der Waals surface area (Å²) < 4.78 is 11.1. The zero-order chi connectivity index (χ0) is 18.7. The van der Waals surface area contributed by atoms with E-state index in [4.69, 9.17) is 26.2 Å². The molecule has 1 aliphatic heterocycles. The number of esters is 1. The maximum atomic E-state index is 12.6. The molecule has 0 aliphatic carbocycles. The summed E-state index contributed by atoms with van der Waals surface area (Å²) in [5.41, 5.74) is 0.609. The number of halogens is 3. The van der Waals surface area contributed by atoms with Crippen molar-refractivity contribution in [1.29, 1.82) is 0 Å². The molecule has 1 amide bonds. The molecule has 1 heterocycles. The number of benzene rings is 1. The molecule has 2 rings (SSSR count). The molecular formula is C15H15Br2ClN2O5. The molecule has 1 aromatic rings. The van der Waals surface area contributed by atoms with E-state index in [1.54, 1.807) is 6.07 Å². The van der Waals surface area contributed by atoms with Crippen LogP contribution in [0, 0.1) is 0 Å². The van der Waals surface area contributed by atoms with Crippen LogP contribution in [0.4, 0.5) is 5.69 Å². The van der Waals surface area contributed by atoms with Gasteiger partial charge in [-0.25, -0.2) is 4.79 Å². The van der Waals surface area contributed by atoms with Gasteiger partial charge in [-0.2, -0.15) is 0 Å². The third kappa shape index (κ3) is 3.94. The topological polar surface area (TPSA) is 88.1 Å². The van der Waals surface area contributed by atoms with E-state index in [1.165, 1.54) is 19.1 Å². The van der Waals surface area contributed by atoms with Crippen LogP contribution >= 0.6 is 43.5 Å². The van der Waals surface area contributed by atoms with Crippen molar-refractivity contribution in [2.24, 2.45) is 0 Å². The number of rotatable bonds is 6. The molecule has 0 saturated heterocycles. The van der Waals surface area contributed by atoms with Gasteiger partial charge in [-0.3, -0.25) is 4.79 Å². The second kappa shape index (κ2) is 8.39. The average molecular weight is 499 g/mol. The maximum absolute atomic E-state index is 12.6. The van der Waals surface area contributed by atoms with Crippen molar-refractivity contribution in [3.05, 3.63) is 31.3 Å². The van der Waals surface area contributed by atoms with Gasteiger partial charge in [-0.1, -0.05) is 11.6 Å². The predicted molar refractivity (Wildman–Crippen MR) is 99.7 cm³/mol. The fourth-order valence-electron chi connectivity index (χ4n) is 2.32. The van der Waals surface area contributed by atoms with Gasteiger partial charge < -0.3 is 24.8 Å². The van der Waals surface area contributed by atoms with Crippen molar-refractivity contribution in [2.45, 2.75) is 0 Å². The first kappa shape index (κ1) is 20.0. The van der Waals surface area contributed by atoms with Crippen molar-refractivity contribution >= 4 is 61.0 Å². The van der Waals surface area contributed by atoms with E-state index >= 15 is 0 Å². The summed E-state index contributed by atoms with van der Waals surface area (Å²) in [7, 11) is 2.70. The number of nitrogens with zero attached hydrogens (tertiary/aromatic N) is 1. The Hall–Kier alpha value is -1.29. The number of ether oxygens (including phenoxy) is 2. The highest BCUT2D eigenvalue weighted by Gasteiger charge is 2.35. The molecule has 25 heavy (non-hydrogen) atoms. The van der Waals surface area contributed by atoms with Crippen molar-refractivity contribution in [3.63, 3.8) is 0 Å². The predicted octanol–water partition coefficient (Wildman–Crippen LogP) is 2.55. The molecule has 0 saturated carbocycles. The Morgan fingerprint density at radius 1 is 1.44 bits per heavy atom. The number of aliphatic hydroxyl groups is 1. The van der Waals surface area contributed by atoms with Gasteiger partial charge in [-0.05, 0) is 37.9 Å². The molecule has 0 aromatic heterocycles. The van der Waals surface area contributed by atoms with Crippen LogP contribution in [0.25, 0.3) is 0 Å². The summed E-state index contributed by atoms with van der Waals surface area (Å²) in [6.07, 6.45) is 0. The van der Waals surface area contributed by atoms with E-state index < -0.39 is 11.9 Å². The van der Waals surface area contributed by atoms with Gasteiger partial charge >= 0.3 is 5.97 Å². The molecule has 10 heteroatoms. The summed E-state index contributed by atoms with van der Waals surface area (Å²) in [6, 6.07) is 1.64. The first-order chi connectivity index (χ1) is 11.8. The van der Waals surface area contributed by atoms with Crippen LogP contribution in [-0.4, -0.2) is 55.8 Å². The van der Waals surface area contributed by atoms with E-state index in [9.17, 15) is 9.59 Å². The van der Waals surface area contributed by atoms with E-state index in [-0.39, 0.29) is 31.0 Å². The average Bonchev–Trinajstić information content (AvgIpc) is 2.91. The zero-order valence-electron chi connectivity index (χ0n) is 13.4. The van der Waals surface area contributed by atoms with Gasteiger partial charge in [0.05, 0.1) is 48.1 Å². The molecular weight excluding hydrogens is 483 g/mol. The van der Waals surface area contributed by atoms with Crippen molar-refractivity contribution in [2.75, 3.05) is 39.2 Å². The number of amides is 1. The second-order valence-corrected chi connectivity index (χ2v) is 7.01. The Bertz CT molecular complexity index is 754. The number of aliphatic hydroxyl groups excluding tert-OH is 1. The van der Waals surface area contributed by atoms with Gasteiger partial charge in [0.15, 0.2) is 0 Å². The minimum atomic E-state index is -0.630. The number of hydrogen-bond acceptors (Lipinski definition) is 6. The third-order valence-corrected chi connectivity index (χ3v) is 5.82. The quantitative estimate of drug-likeness (QED) is 0.463. The summed E-state index contributed by atoms with van der Waals surface area (Å²) in [6.45, 7) is -0.0763. The third-order valence-electron chi connectivity index (χ3n) is 3.55. The molecule has 0 radical (unpaired) electrons. The Balaban J connectivity index is 2.50. The van der Waals surface area contributed by atoms with Crippen LogP contribution in [0.2, 0.25) is 5.02 Å². The molecule has 0 fully saturated rings. The normalized spacial score (nSPS) is 14.2. The molecule has 0 bridgehead atoms. The number of anilines is 1. The fraction of sp³-hybridized carbons (Fsp3) is 0.333. The van der Waals surface area contributed by atoms with Gasteiger partial charge in [0.25, 0.3) is 5.91 Å². The molecule has 0 atom stereocenters. The van der Waals surface area contributed by atoms with Crippen LogP contribution in [0.3, 0.4) is 0 Å². The highest BCUT2D eigenvalue weighted by atomic mass is 79.9. The number of methoxy groups -OCH3 is 2. The number of hydrogen-bond donors (Lipinski definition) is 2. The van der Waals surface area contributed by atoms with E-state index in [0.717, 1.165) is 0 Å². The Kier molecular flexibility index (Phi) is 6.72. The van der Waals surface area contributed by atoms with Gasteiger partial charge in [0, 0.05) is 11.0 Å². The lowest BCUT2D eigenvalue weighted by molar-refractivity contribution is -0.136. The second-order valence-electron chi connectivity index (χ2n) is 4.98. The minimum Gasteiger partial charge on any atom is -0.494 e. The Morgan fingerprint density at radius 3 is 2.68 bits per heavy atom. The highest BCUT2D eigenvalue weighted by Crippen LogP contribution is 2.44. The lowest BCUT2D eigenvalue weighted by Gasteiger charge is -2.17. The van der Waals surface area contributed by atoms with Gasteiger partial charge in [0.2, 0.25) is 0 Å². The molecule has 0 spiro atoms. The summed E-state index contributed by atoms with van der Waals surface area (Å²) in [5.74, 6) is -0.648. The Morgan fingerprint density at radius 2 is 2.12 bits per heavy atom. The molecule has 7 nitrogen and oxygen atoms in total. The fourth-order valence-corrected chi connectivity index (χ4v) is 3.65. The monoisotopic (exact) mass is 496 g/mol. The number of nitrogens with one attached hydrogen (secondary N) is 1. The van der Waals surface area contributed by atoms with E-state index in [1.807, 2.05) is 0 Å². The Labute approximate surface area is 166 Å². The van der Waals surface area contributed by atoms with Crippen LogP contribution in [0.15, 0.2) is 26.3 Å². The number of carbonyl (C=O) groups excluding carboxylic acids is 2. The van der Waals surface area contributed by atoms with Crippen molar-refractivity contribution in [1.82, 2.24) is 4.90 Å². The van der Waals surface area contributed by atoms with Crippen LogP contribution in [0.5, 0.6) is 5.75 Å². The first-order valence-electron chi connectivity index (χ1n) is 7.05. The standard InChI is InChI=1S/C15H15Br2ClN2O5/c1-24-9-5-8(16)11(18)10(17)13(9)19-12-7(15(23)25-2)6-20(3-4-21)14(12)22/h5,19,21H,3-4,6H2,1-2H3. The lowest BCUT2D eigenvalue weighted by atomic mass is 10.2. The van der Waals surface area contributed by atoms with Gasteiger partial charge in [0.1, 0.15) is 11.4 Å². The van der Waals surface area contributed by atoms with E-state index in [0.29, 0.717) is 25.4 Å². The SMILES string of the molecule is COC(=O)C1=C(Nc2c(OC)cc(Br)c(Cl)c2Br)C(=O)N(CCO)C1. The summed E-state index contributed by atoms with van der Waals surface area (Å²) in [4.78, 5) is 26.0. The zero-order valence-corrected chi connectivity index (χ0v) is 17.3. The van der Waals surface area contributed by atoms with Crippen molar-refractivity contribution in [3.8, 4) is 5.75 Å². The molecule has 136 valence electrons. The van der Waals surface area contributed by atoms with Crippen LogP contribution in [-0.2, 0) is 14.3 Å².